The first-order chi connectivity index (χ1) is 14.5. The van der Waals surface area contributed by atoms with Crippen molar-refractivity contribution in [3.8, 4) is 11.3 Å². The Hall–Kier alpha value is -3.50. The van der Waals surface area contributed by atoms with E-state index in [0.717, 1.165) is 5.56 Å². The lowest BCUT2D eigenvalue weighted by atomic mass is 10.0. The van der Waals surface area contributed by atoms with Crippen LogP contribution in [0.15, 0.2) is 84.9 Å². The highest BCUT2D eigenvalue weighted by Crippen LogP contribution is 2.27. The number of carbonyl (C=O) groups is 2. The highest BCUT2D eigenvalue weighted by molar-refractivity contribution is 6.30. The average molecular weight is 416 g/mol. The summed E-state index contributed by atoms with van der Waals surface area (Å²) in [5.74, 6) is -0.819. The SMILES string of the molecule is C[C@H](OC(=O)c1cc(-c2ccc(Cl)cc2)nc2ccccc12)C(=O)c1ccccc1. The fourth-order valence-electron chi connectivity index (χ4n) is 3.23. The molecule has 0 N–H and O–H groups in total. The van der Waals surface area contributed by atoms with E-state index in [1.54, 1.807) is 49.4 Å². The predicted octanol–water partition coefficient (Wildman–Crippen LogP) is 5.98. The van der Waals surface area contributed by atoms with E-state index < -0.39 is 12.1 Å². The molecule has 0 aliphatic carbocycles. The summed E-state index contributed by atoms with van der Waals surface area (Å²) in [7, 11) is 0. The van der Waals surface area contributed by atoms with Gasteiger partial charge >= 0.3 is 5.97 Å². The van der Waals surface area contributed by atoms with Crippen LogP contribution in [0.4, 0.5) is 0 Å². The first-order valence-electron chi connectivity index (χ1n) is 9.49. The van der Waals surface area contributed by atoms with Crippen LogP contribution in [0.3, 0.4) is 0 Å². The minimum absolute atomic E-state index is 0.250. The largest absolute Gasteiger partial charge is 0.451 e. The lowest BCUT2D eigenvalue weighted by Crippen LogP contribution is -2.24. The number of nitrogens with zero attached hydrogens (tertiary/aromatic N) is 1. The number of ketones is 1. The van der Waals surface area contributed by atoms with Crippen LogP contribution in [0.5, 0.6) is 0 Å². The summed E-state index contributed by atoms with van der Waals surface area (Å²) >= 11 is 5.99. The van der Waals surface area contributed by atoms with Crippen molar-refractivity contribution in [2.45, 2.75) is 13.0 Å². The van der Waals surface area contributed by atoms with Gasteiger partial charge in [0.1, 0.15) is 0 Å². The maximum Gasteiger partial charge on any atom is 0.339 e. The smallest absolute Gasteiger partial charge is 0.339 e. The van der Waals surface area contributed by atoms with E-state index in [-0.39, 0.29) is 5.78 Å². The van der Waals surface area contributed by atoms with E-state index in [2.05, 4.69) is 4.98 Å². The normalized spacial score (nSPS) is 11.8. The molecule has 0 aliphatic rings. The van der Waals surface area contributed by atoms with Gasteiger partial charge in [0.05, 0.1) is 16.8 Å². The number of pyridine rings is 1. The third-order valence-electron chi connectivity index (χ3n) is 4.79. The number of Topliss-reactive ketones (excluding diaryl/α,β-unsaturated/α-hetero) is 1. The minimum Gasteiger partial charge on any atom is -0.451 e. The van der Waals surface area contributed by atoms with Crippen LogP contribution in [-0.2, 0) is 4.74 Å². The van der Waals surface area contributed by atoms with E-state index in [1.807, 2.05) is 42.5 Å². The minimum atomic E-state index is -0.911. The predicted molar refractivity (Wildman–Crippen MR) is 118 cm³/mol. The van der Waals surface area contributed by atoms with Gasteiger partial charge in [-0.1, -0.05) is 72.3 Å². The topological polar surface area (TPSA) is 56.3 Å². The third-order valence-corrected chi connectivity index (χ3v) is 5.04. The Bertz CT molecular complexity index is 1220. The standard InChI is InChI=1S/C25H18ClNO3/c1-16(24(28)18-7-3-2-4-8-18)30-25(29)21-15-23(17-11-13-19(26)14-12-17)27-22-10-6-5-9-20(21)22/h2-16H,1H3/t16-/m0/s1. The number of fused-ring (bicyclic) bond motifs is 1. The molecule has 0 unspecified atom stereocenters. The Morgan fingerprint density at radius 2 is 1.57 bits per heavy atom. The van der Waals surface area contributed by atoms with Crippen LogP contribution >= 0.6 is 11.6 Å². The molecule has 3 aromatic carbocycles. The van der Waals surface area contributed by atoms with Crippen molar-refractivity contribution in [3.63, 3.8) is 0 Å². The molecule has 0 fully saturated rings. The number of ether oxygens (including phenoxy) is 1. The van der Waals surface area contributed by atoms with Gasteiger partial charge in [-0.05, 0) is 31.2 Å². The van der Waals surface area contributed by atoms with E-state index in [1.165, 1.54) is 0 Å². The Balaban J connectivity index is 1.69. The molecule has 0 amide bonds. The number of para-hydroxylation sites is 1. The van der Waals surface area contributed by atoms with Crippen molar-refractivity contribution in [2.75, 3.05) is 0 Å². The highest BCUT2D eigenvalue weighted by atomic mass is 35.5. The second-order valence-corrected chi connectivity index (χ2v) is 7.29. The molecule has 5 heteroatoms. The molecule has 0 saturated carbocycles. The summed E-state index contributed by atoms with van der Waals surface area (Å²) < 4.78 is 5.53. The third kappa shape index (κ3) is 4.09. The van der Waals surface area contributed by atoms with Crippen molar-refractivity contribution in [3.05, 3.63) is 101 Å². The van der Waals surface area contributed by atoms with Crippen LogP contribution in [-0.4, -0.2) is 22.8 Å². The summed E-state index contributed by atoms with van der Waals surface area (Å²) in [6.07, 6.45) is -0.911. The molecule has 0 bridgehead atoms. The number of aromatic nitrogens is 1. The van der Waals surface area contributed by atoms with Gasteiger partial charge in [0.25, 0.3) is 0 Å². The van der Waals surface area contributed by atoms with Gasteiger partial charge in [0, 0.05) is 21.5 Å². The molecule has 0 spiro atoms. The molecule has 4 aromatic rings. The Morgan fingerprint density at radius 3 is 2.30 bits per heavy atom. The van der Waals surface area contributed by atoms with Crippen LogP contribution in [0.25, 0.3) is 22.2 Å². The number of hydrogen-bond donors (Lipinski definition) is 0. The zero-order chi connectivity index (χ0) is 21.1. The molecule has 1 heterocycles. The van der Waals surface area contributed by atoms with Crippen molar-refractivity contribution in [1.82, 2.24) is 4.98 Å². The highest BCUT2D eigenvalue weighted by Gasteiger charge is 2.22. The first kappa shape index (κ1) is 19.8. The monoisotopic (exact) mass is 415 g/mol. The van der Waals surface area contributed by atoms with Gasteiger partial charge in [-0.15, -0.1) is 0 Å². The second-order valence-electron chi connectivity index (χ2n) is 6.86. The first-order valence-corrected chi connectivity index (χ1v) is 9.87. The van der Waals surface area contributed by atoms with Crippen molar-refractivity contribution in [1.29, 1.82) is 0 Å². The molecule has 0 aliphatic heterocycles. The average Bonchev–Trinajstić information content (AvgIpc) is 2.78. The molecular weight excluding hydrogens is 398 g/mol. The van der Waals surface area contributed by atoms with Gasteiger partial charge < -0.3 is 4.74 Å². The quantitative estimate of drug-likeness (QED) is 0.297. The Kier molecular flexibility index (Phi) is 5.59. The molecule has 30 heavy (non-hydrogen) atoms. The van der Waals surface area contributed by atoms with Gasteiger partial charge in [-0.3, -0.25) is 4.79 Å². The van der Waals surface area contributed by atoms with Gasteiger partial charge in [-0.2, -0.15) is 0 Å². The Morgan fingerprint density at radius 1 is 0.900 bits per heavy atom. The molecule has 4 nitrogen and oxygen atoms in total. The van der Waals surface area contributed by atoms with Crippen molar-refractivity contribution in [2.24, 2.45) is 0 Å². The second kappa shape index (κ2) is 8.47. The van der Waals surface area contributed by atoms with Crippen molar-refractivity contribution >= 4 is 34.3 Å². The Labute approximate surface area is 179 Å². The van der Waals surface area contributed by atoms with Gasteiger partial charge in [0.15, 0.2) is 6.10 Å². The molecule has 0 saturated heterocycles. The maximum absolute atomic E-state index is 13.0. The maximum atomic E-state index is 13.0. The number of carbonyl (C=O) groups excluding carboxylic acids is 2. The fourth-order valence-corrected chi connectivity index (χ4v) is 3.35. The molecule has 4 rings (SSSR count). The van der Waals surface area contributed by atoms with Crippen molar-refractivity contribution < 1.29 is 14.3 Å². The van der Waals surface area contributed by atoms with Gasteiger partial charge in [0.2, 0.25) is 5.78 Å². The summed E-state index contributed by atoms with van der Waals surface area (Å²) in [6, 6.07) is 25.0. The molecule has 1 aromatic heterocycles. The van der Waals surface area contributed by atoms with Gasteiger partial charge in [-0.25, -0.2) is 9.78 Å². The number of benzene rings is 3. The van der Waals surface area contributed by atoms with E-state index in [9.17, 15) is 9.59 Å². The number of hydrogen-bond acceptors (Lipinski definition) is 4. The summed E-state index contributed by atoms with van der Waals surface area (Å²) in [5, 5.41) is 1.28. The number of esters is 1. The number of halogens is 1. The fraction of sp³-hybridized carbons (Fsp3) is 0.0800. The summed E-state index contributed by atoms with van der Waals surface area (Å²) in [4.78, 5) is 30.3. The van der Waals surface area contributed by atoms with E-state index >= 15 is 0 Å². The lowest BCUT2D eigenvalue weighted by molar-refractivity contribution is 0.0320. The van der Waals surface area contributed by atoms with E-state index in [4.69, 9.17) is 16.3 Å². The van der Waals surface area contributed by atoms with E-state index in [0.29, 0.717) is 32.7 Å². The molecule has 1 atom stereocenters. The van der Waals surface area contributed by atoms with Crippen LogP contribution < -0.4 is 0 Å². The zero-order valence-corrected chi connectivity index (χ0v) is 17.0. The molecule has 0 radical (unpaired) electrons. The van der Waals surface area contributed by atoms with Crippen LogP contribution in [0, 0.1) is 0 Å². The molecular formula is C25H18ClNO3. The lowest BCUT2D eigenvalue weighted by Gasteiger charge is -2.14. The molecule has 148 valence electrons. The van der Waals surface area contributed by atoms with Crippen LogP contribution in [0.1, 0.15) is 27.6 Å². The summed E-state index contributed by atoms with van der Waals surface area (Å²) in [6.45, 7) is 1.58. The summed E-state index contributed by atoms with van der Waals surface area (Å²) in [5.41, 5.74) is 2.98. The zero-order valence-electron chi connectivity index (χ0n) is 16.2. The number of rotatable bonds is 5. The van der Waals surface area contributed by atoms with Crippen LogP contribution in [0.2, 0.25) is 5.02 Å².